The number of H-pyrrole nitrogens is 1. The maximum Gasteiger partial charge on any atom is 0.246 e. The first-order chi connectivity index (χ1) is 13.3. The van der Waals surface area contributed by atoms with Crippen LogP contribution in [0, 0.1) is 0 Å². The number of amides is 1. The number of rotatable bonds is 7. The third-order valence-corrected chi connectivity index (χ3v) is 6.62. The quantitative estimate of drug-likeness (QED) is 0.569. The van der Waals surface area contributed by atoms with E-state index in [0.29, 0.717) is 10.8 Å². The molecule has 0 radical (unpaired) electrons. The van der Waals surface area contributed by atoms with Crippen LogP contribution in [0.25, 0.3) is 11.0 Å². The lowest BCUT2D eigenvalue weighted by Gasteiger charge is -2.15. The minimum absolute atomic E-state index is 0.0114. The van der Waals surface area contributed by atoms with Crippen LogP contribution in [0.1, 0.15) is 0 Å². The van der Waals surface area contributed by atoms with Gasteiger partial charge in [-0.1, -0.05) is 23.9 Å². The molecule has 0 saturated heterocycles. The molecule has 10 heteroatoms. The highest BCUT2D eigenvalue weighted by molar-refractivity contribution is 7.99. The van der Waals surface area contributed by atoms with E-state index < -0.39 is 10.0 Å². The topological polar surface area (TPSA) is 104 Å². The van der Waals surface area contributed by atoms with E-state index in [4.69, 9.17) is 4.74 Å². The molecule has 3 rings (SSSR count). The van der Waals surface area contributed by atoms with E-state index in [1.54, 1.807) is 6.07 Å². The van der Waals surface area contributed by atoms with Gasteiger partial charge < -0.3 is 15.0 Å². The number of imidazole rings is 1. The Morgan fingerprint density at radius 2 is 2.00 bits per heavy atom. The Kier molecular flexibility index (Phi) is 5.92. The van der Waals surface area contributed by atoms with Gasteiger partial charge in [-0.25, -0.2) is 17.7 Å². The summed E-state index contributed by atoms with van der Waals surface area (Å²) in [4.78, 5) is 19.8. The van der Waals surface area contributed by atoms with Gasteiger partial charge in [-0.3, -0.25) is 4.79 Å². The van der Waals surface area contributed by atoms with Gasteiger partial charge in [-0.2, -0.15) is 0 Å². The Morgan fingerprint density at radius 1 is 1.25 bits per heavy atom. The number of carbonyl (C=O) groups excluding carboxylic acids is 1. The monoisotopic (exact) mass is 420 g/mol. The largest absolute Gasteiger partial charge is 0.495 e. The minimum Gasteiger partial charge on any atom is -0.495 e. The van der Waals surface area contributed by atoms with Gasteiger partial charge in [0.05, 0.1) is 23.9 Å². The number of carbonyl (C=O) groups is 1. The molecular weight excluding hydrogens is 400 g/mol. The predicted molar refractivity (Wildman–Crippen MR) is 109 cm³/mol. The van der Waals surface area contributed by atoms with Crippen molar-refractivity contribution in [3.63, 3.8) is 0 Å². The second kappa shape index (κ2) is 8.21. The van der Waals surface area contributed by atoms with Crippen molar-refractivity contribution in [2.24, 2.45) is 0 Å². The zero-order valence-corrected chi connectivity index (χ0v) is 17.2. The van der Waals surface area contributed by atoms with E-state index in [2.05, 4.69) is 15.3 Å². The number of nitrogens with one attached hydrogen (secondary N) is 2. The Bertz CT molecular complexity index is 1080. The molecule has 1 heterocycles. The molecule has 0 aliphatic carbocycles. The van der Waals surface area contributed by atoms with Crippen LogP contribution in [0.3, 0.4) is 0 Å². The van der Waals surface area contributed by atoms with Crippen LogP contribution < -0.4 is 10.1 Å². The average Bonchev–Trinajstić information content (AvgIpc) is 3.09. The molecule has 2 aromatic carbocycles. The third kappa shape index (κ3) is 4.29. The van der Waals surface area contributed by atoms with Crippen molar-refractivity contribution in [2.45, 2.75) is 10.1 Å². The van der Waals surface area contributed by atoms with E-state index in [9.17, 15) is 13.2 Å². The molecule has 1 aromatic heterocycles. The van der Waals surface area contributed by atoms with Gasteiger partial charge >= 0.3 is 0 Å². The molecule has 0 spiro atoms. The van der Waals surface area contributed by atoms with Gasteiger partial charge in [0, 0.05) is 19.8 Å². The van der Waals surface area contributed by atoms with Crippen molar-refractivity contribution in [3.8, 4) is 5.75 Å². The molecule has 8 nitrogen and oxygen atoms in total. The zero-order chi connectivity index (χ0) is 20.3. The number of ether oxygens (including phenoxy) is 1. The number of thioether (sulfide) groups is 1. The molecule has 148 valence electrons. The van der Waals surface area contributed by atoms with Crippen LogP contribution in [0.4, 0.5) is 5.69 Å². The molecule has 0 atom stereocenters. The van der Waals surface area contributed by atoms with Crippen molar-refractivity contribution in [2.75, 3.05) is 32.3 Å². The van der Waals surface area contributed by atoms with Crippen molar-refractivity contribution in [1.29, 1.82) is 0 Å². The number of para-hydroxylation sites is 2. The van der Waals surface area contributed by atoms with E-state index >= 15 is 0 Å². The Hall–Kier alpha value is -2.56. The molecular formula is C18H20N4O4S2. The lowest BCUT2D eigenvalue weighted by molar-refractivity contribution is -0.113. The lowest BCUT2D eigenvalue weighted by atomic mass is 10.3. The van der Waals surface area contributed by atoms with Crippen molar-refractivity contribution in [3.05, 3.63) is 42.5 Å². The first kappa shape index (κ1) is 20.2. The summed E-state index contributed by atoms with van der Waals surface area (Å²) in [6, 6.07) is 12.1. The predicted octanol–water partition coefficient (Wildman–Crippen LogP) is 2.55. The van der Waals surface area contributed by atoms with Gasteiger partial charge in [-0.15, -0.1) is 0 Å². The fourth-order valence-corrected chi connectivity index (χ4v) is 4.24. The molecule has 28 heavy (non-hydrogen) atoms. The fourth-order valence-electron chi connectivity index (χ4n) is 2.48. The summed E-state index contributed by atoms with van der Waals surface area (Å²) < 4.78 is 31.2. The summed E-state index contributed by atoms with van der Waals surface area (Å²) in [6.07, 6.45) is 0. The highest BCUT2D eigenvalue weighted by atomic mass is 32.2. The first-order valence-corrected chi connectivity index (χ1v) is 10.7. The second-order valence-corrected chi connectivity index (χ2v) is 9.13. The standard InChI is InChI=1S/C18H20N4O4S2/c1-22(2)28(24,25)16-10-12(8-9-15(16)26-3)19-17(23)11-27-18-20-13-6-4-5-7-14(13)21-18/h4-10H,11H2,1-3H3,(H,19,23)(H,20,21). The van der Waals surface area contributed by atoms with Crippen LogP contribution in [0.5, 0.6) is 5.75 Å². The van der Waals surface area contributed by atoms with Crippen LogP contribution in [-0.2, 0) is 14.8 Å². The molecule has 1 amide bonds. The molecule has 3 aromatic rings. The number of aromatic amines is 1. The van der Waals surface area contributed by atoms with Crippen LogP contribution in [0.2, 0.25) is 0 Å². The van der Waals surface area contributed by atoms with Crippen LogP contribution >= 0.6 is 11.8 Å². The number of anilines is 1. The first-order valence-electron chi connectivity index (χ1n) is 8.29. The number of sulfonamides is 1. The highest BCUT2D eigenvalue weighted by Gasteiger charge is 2.23. The van der Waals surface area contributed by atoms with Crippen molar-refractivity contribution < 1.29 is 17.9 Å². The molecule has 0 aliphatic heterocycles. The Labute approximate surface area is 167 Å². The van der Waals surface area contributed by atoms with Crippen molar-refractivity contribution >= 4 is 44.4 Å². The average molecular weight is 421 g/mol. The molecule has 0 bridgehead atoms. The molecule has 0 fully saturated rings. The summed E-state index contributed by atoms with van der Waals surface area (Å²) in [5, 5.41) is 3.35. The molecule has 0 saturated carbocycles. The lowest BCUT2D eigenvalue weighted by Crippen LogP contribution is -2.23. The van der Waals surface area contributed by atoms with Gasteiger partial charge in [0.1, 0.15) is 10.6 Å². The molecule has 0 aliphatic rings. The third-order valence-electron chi connectivity index (χ3n) is 3.91. The number of fused-ring (bicyclic) bond motifs is 1. The summed E-state index contributed by atoms with van der Waals surface area (Å²) in [6.45, 7) is 0. The number of aromatic nitrogens is 2. The van der Waals surface area contributed by atoms with E-state index in [0.717, 1.165) is 15.3 Å². The Morgan fingerprint density at radius 3 is 2.68 bits per heavy atom. The van der Waals surface area contributed by atoms with Crippen LogP contribution in [0.15, 0.2) is 52.5 Å². The van der Waals surface area contributed by atoms with E-state index in [1.165, 1.54) is 45.1 Å². The van der Waals surface area contributed by atoms with E-state index in [-0.39, 0.29) is 22.3 Å². The normalized spacial score (nSPS) is 11.7. The van der Waals surface area contributed by atoms with Gasteiger partial charge in [0.2, 0.25) is 15.9 Å². The zero-order valence-electron chi connectivity index (χ0n) is 15.6. The van der Waals surface area contributed by atoms with E-state index in [1.807, 2.05) is 24.3 Å². The summed E-state index contributed by atoms with van der Waals surface area (Å²) in [5.74, 6) is 0.0638. The number of methoxy groups -OCH3 is 1. The van der Waals surface area contributed by atoms with Crippen molar-refractivity contribution in [1.82, 2.24) is 14.3 Å². The molecule has 0 unspecified atom stereocenters. The summed E-state index contributed by atoms with van der Waals surface area (Å²) >= 11 is 1.27. The SMILES string of the molecule is COc1ccc(NC(=O)CSc2nc3ccccc3[nH]2)cc1S(=O)(=O)N(C)C. The maximum absolute atomic E-state index is 12.5. The summed E-state index contributed by atoms with van der Waals surface area (Å²) in [5.41, 5.74) is 2.11. The Balaban J connectivity index is 1.71. The van der Waals surface area contributed by atoms with Gasteiger partial charge in [-0.05, 0) is 30.3 Å². The number of hydrogen-bond acceptors (Lipinski definition) is 6. The smallest absolute Gasteiger partial charge is 0.246 e. The minimum atomic E-state index is -3.71. The molecule has 2 N–H and O–H groups in total. The number of benzene rings is 2. The number of nitrogens with zero attached hydrogens (tertiary/aromatic N) is 2. The van der Waals surface area contributed by atoms with Gasteiger partial charge in [0.25, 0.3) is 0 Å². The highest BCUT2D eigenvalue weighted by Crippen LogP contribution is 2.29. The maximum atomic E-state index is 12.5. The van der Waals surface area contributed by atoms with Gasteiger partial charge in [0.15, 0.2) is 5.16 Å². The number of hydrogen-bond donors (Lipinski definition) is 2. The van der Waals surface area contributed by atoms with Crippen LogP contribution in [-0.4, -0.2) is 55.6 Å². The summed E-state index contributed by atoms with van der Waals surface area (Å²) in [7, 11) is 0.553. The second-order valence-electron chi connectivity index (χ2n) is 6.05. The fraction of sp³-hybridized carbons (Fsp3) is 0.222.